The van der Waals surface area contributed by atoms with Crippen LogP contribution in [0.25, 0.3) is 16.4 Å². The lowest BCUT2D eigenvalue weighted by Crippen LogP contribution is -2.46. The van der Waals surface area contributed by atoms with Gasteiger partial charge in [0.2, 0.25) is 0 Å². The van der Waals surface area contributed by atoms with Gasteiger partial charge in [0.05, 0.1) is 5.52 Å². The number of hydrogen-bond acceptors (Lipinski definition) is 2. The summed E-state index contributed by atoms with van der Waals surface area (Å²) in [6.07, 6.45) is 7.84. The summed E-state index contributed by atoms with van der Waals surface area (Å²) in [6, 6.07) is 29.1. The minimum Gasteiger partial charge on any atom is -0.371 e. The lowest BCUT2D eigenvalue weighted by Gasteiger charge is -2.40. The number of anilines is 1. The summed E-state index contributed by atoms with van der Waals surface area (Å²) in [4.78, 5) is 5.18. The second-order valence-corrected chi connectivity index (χ2v) is 11.0. The second kappa shape index (κ2) is 11.1. The maximum atomic E-state index is 2.60. The molecule has 0 saturated carbocycles. The largest absolute Gasteiger partial charge is 0.371 e. The topological polar surface area (TPSA) is 15.8 Å². The zero-order valence-corrected chi connectivity index (χ0v) is 22.9. The Morgan fingerprint density at radius 3 is 2.58 bits per heavy atom. The van der Waals surface area contributed by atoms with Crippen LogP contribution in [0.2, 0.25) is 0 Å². The smallest absolute Gasteiger partial charge is 0.0501 e. The van der Waals surface area contributed by atoms with Crippen LogP contribution in [-0.2, 0) is 13.0 Å². The summed E-state index contributed by atoms with van der Waals surface area (Å²) in [7, 11) is 0. The van der Waals surface area contributed by atoms with Crippen LogP contribution in [0.3, 0.4) is 0 Å². The normalized spacial score (nSPS) is 14.4. The highest BCUT2D eigenvalue weighted by Crippen LogP contribution is 2.29. The van der Waals surface area contributed by atoms with Crippen LogP contribution in [0.15, 0.2) is 91.3 Å². The van der Waals surface area contributed by atoms with Crippen LogP contribution >= 0.6 is 0 Å². The summed E-state index contributed by atoms with van der Waals surface area (Å²) in [5.74, 6) is 0.691. The van der Waals surface area contributed by atoms with E-state index in [1.54, 1.807) is 0 Å². The van der Waals surface area contributed by atoms with Crippen molar-refractivity contribution in [3.63, 3.8) is 0 Å². The van der Waals surface area contributed by atoms with E-state index in [1.807, 2.05) is 0 Å². The third-order valence-corrected chi connectivity index (χ3v) is 8.37. The van der Waals surface area contributed by atoms with Gasteiger partial charge in [-0.05, 0) is 85.2 Å². The summed E-state index contributed by atoms with van der Waals surface area (Å²) in [5, 5.41) is 1.34. The van der Waals surface area contributed by atoms with Gasteiger partial charge in [0.1, 0.15) is 0 Å². The van der Waals surface area contributed by atoms with E-state index >= 15 is 0 Å². The number of pyridine rings is 1. The molecule has 0 atom stereocenters. The number of nitrogens with zero attached hydrogens (tertiary/aromatic N) is 4. The van der Waals surface area contributed by atoms with Crippen molar-refractivity contribution in [2.24, 2.45) is 0 Å². The van der Waals surface area contributed by atoms with Gasteiger partial charge in [-0.2, -0.15) is 0 Å². The number of likely N-dealkylation sites (tertiary alicyclic amines) is 1. The summed E-state index contributed by atoms with van der Waals surface area (Å²) in [6.45, 7) is 11.2. The van der Waals surface area contributed by atoms with Crippen LogP contribution in [0, 0.1) is 6.92 Å². The van der Waals surface area contributed by atoms with Crippen molar-refractivity contribution >= 4 is 22.1 Å². The SMILES string of the molecule is CCCN(CCCc1cccc2cccn12)c1ccc2ccn(CCN3CC(c4ccccc4C)C3)c2c1. The van der Waals surface area contributed by atoms with Crippen LogP contribution in [-0.4, -0.2) is 46.6 Å². The average molecular weight is 505 g/mol. The average Bonchev–Trinajstić information content (AvgIpc) is 3.55. The standard InChI is InChI=1S/C34H40N4/c1-3-18-36(19-7-12-30-10-6-11-31-13-8-20-38(30)31)32-16-15-28-17-21-37(34(28)24-32)23-22-35-25-29(26-35)33-14-5-4-9-27(33)2/h4-6,8-11,13-17,20-21,24,29H,3,7,12,18-19,22-23,25-26H2,1-2H3. The quantitative estimate of drug-likeness (QED) is 0.190. The van der Waals surface area contributed by atoms with Crippen molar-refractivity contribution in [1.82, 2.24) is 13.9 Å². The van der Waals surface area contributed by atoms with Crippen molar-refractivity contribution in [3.05, 3.63) is 108 Å². The molecule has 0 aliphatic carbocycles. The summed E-state index contributed by atoms with van der Waals surface area (Å²) in [5.41, 5.74) is 8.34. The first-order valence-electron chi connectivity index (χ1n) is 14.4. The van der Waals surface area contributed by atoms with Crippen molar-refractivity contribution in [1.29, 1.82) is 0 Å². The van der Waals surface area contributed by atoms with Gasteiger partial charge in [0.25, 0.3) is 0 Å². The third-order valence-electron chi connectivity index (χ3n) is 8.37. The van der Waals surface area contributed by atoms with Gasteiger partial charge in [-0.15, -0.1) is 0 Å². The minimum absolute atomic E-state index is 0.691. The Morgan fingerprint density at radius 2 is 1.71 bits per heavy atom. The number of fused-ring (bicyclic) bond motifs is 2. The fraction of sp³-hybridized carbons (Fsp3) is 0.353. The van der Waals surface area contributed by atoms with Gasteiger partial charge in [-0.25, -0.2) is 0 Å². The molecule has 0 amide bonds. The number of benzene rings is 2. The molecular weight excluding hydrogens is 464 g/mol. The fourth-order valence-electron chi connectivity index (χ4n) is 6.23. The molecule has 0 N–H and O–H groups in total. The van der Waals surface area contributed by atoms with E-state index in [0.717, 1.165) is 45.4 Å². The van der Waals surface area contributed by atoms with E-state index in [0.29, 0.717) is 5.92 Å². The van der Waals surface area contributed by atoms with Crippen LogP contribution < -0.4 is 4.90 Å². The van der Waals surface area contributed by atoms with Crippen LogP contribution in [0.4, 0.5) is 5.69 Å². The molecule has 4 nitrogen and oxygen atoms in total. The van der Waals surface area contributed by atoms with E-state index in [2.05, 4.69) is 124 Å². The minimum atomic E-state index is 0.691. The Hall–Kier alpha value is -3.50. The molecule has 1 saturated heterocycles. The zero-order valence-electron chi connectivity index (χ0n) is 22.9. The Kier molecular flexibility index (Phi) is 7.24. The Labute approximate surface area is 227 Å². The summed E-state index contributed by atoms with van der Waals surface area (Å²) < 4.78 is 4.78. The molecule has 3 aromatic heterocycles. The molecule has 5 aromatic rings. The first kappa shape index (κ1) is 24.8. The molecule has 1 fully saturated rings. The molecule has 2 aromatic carbocycles. The van der Waals surface area contributed by atoms with E-state index < -0.39 is 0 Å². The molecule has 0 spiro atoms. The lowest BCUT2D eigenvalue weighted by molar-refractivity contribution is 0.143. The molecule has 0 bridgehead atoms. The monoisotopic (exact) mass is 504 g/mol. The predicted octanol–water partition coefficient (Wildman–Crippen LogP) is 7.15. The second-order valence-electron chi connectivity index (χ2n) is 11.0. The Morgan fingerprint density at radius 1 is 0.842 bits per heavy atom. The fourth-order valence-corrected chi connectivity index (χ4v) is 6.23. The zero-order chi connectivity index (χ0) is 25.9. The maximum Gasteiger partial charge on any atom is 0.0501 e. The van der Waals surface area contributed by atoms with Gasteiger partial charge >= 0.3 is 0 Å². The highest BCUT2D eigenvalue weighted by Gasteiger charge is 2.28. The molecule has 4 heterocycles. The van der Waals surface area contributed by atoms with E-state index in [1.165, 1.54) is 52.0 Å². The molecule has 0 unspecified atom stereocenters. The molecular formula is C34H40N4. The Bertz CT molecular complexity index is 1500. The van der Waals surface area contributed by atoms with Crippen molar-refractivity contribution < 1.29 is 0 Å². The molecule has 1 aliphatic rings. The summed E-state index contributed by atoms with van der Waals surface area (Å²) >= 11 is 0. The molecule has 0 radical (unpaired) electrons. The van der Waals surface area contributed by atoms with E-state index in [-0.39, 0.29) is 0 Å². The van der Waals surface area contributed by atoms with Crippen molar-refractivity contribution in [2.45, 2.75) is 45.6 Å². The van der Waals surface area contributed by atoms with Crippen LogP contribution in [0.5, 0.6) is 0 Å². The van der Waals surface area contributed by atoms with Gasteiger partial charge in [-0.1, -0.05) is 43.3 Å². The number of hydrogen-bond donors (Lipinski definition) is 0. The van der Waals surface area contributed by atoms with Gasteiger partial charge in [0.15, 0.2) is 0 Å². The van der Waals surface area contributed by atoms with Crippen LogP contribution in [0.1, 0.15) is 42.5 Å². The molecule has 38 heavy (non-hydrogen) atoms. The molecule has 6 rings (SSSR count). The predicted molar refractivity (Wildman–Crippen MR) is 161 cm³/mol. The molecule has 196 valence electrons. The number of rotatable bonds is 11. The van der Waals surface area contributed by atoms with Gasteiger partial charge in [-0.3, -0.25) is 0 Å². The highest BCUT2D eigenvalue weighted by molar-refractivity contribution is 5.84. The lowest BCUT2D eigenvalue weighted by atomic mass is 9.88. The first-order valence-corrected chi connectivity index (χ1v) is 14.4. The first-order chi connectivity index (χ1) is 18.7. The molecule has 1 aliphatic heterocycles. The van der Waals surface area contributed by atoms with E-state index in [4.69, 9.17) is 0 Å². The van der Waals surface area contributed by atoms with Gasteiger partial charge < -0.3 is 18.8 Å². The number of aryl methyl sites for hydroxylation is 2. The third kappa shape index (κ3) is 5.10. The van der Waals surface area contributed by atoms with E-state index in [9.17, 15) is 0 Å². The maximum absolute atomic E-state index is 2.60. The Balaban J connectivity index is 1.09. The number of aromatic nitrogens is 2. The highest BCUT2D eigenvalue weighted by atomic mass is 15.2. The molecule has 4 heteroatoms. The van der Waals surface area contributed by atoms with Crippen molar-refractivity contribution in [3.8, 4) is 0 Å². The van der Waals surface area contributed by atoms with Crippen molar-refractivity contribution in [2.75, 3.05) is 37.6 Å². The van der Waals surface area contributed by atoms with Gasteiger partial charge in [0, 0.05) is 74.5 Å².